The van der Waals surface area contributed by atoms with Crippen molar-refractivity contribution in [1.29, 1.82) is 0 Å². The van der Waals surface area contributed by atoms with Crippen molar-refractivity contribution in [3.8, 4) is 0 Å². The standard InChI is InChI=1S/C16H31N3O3/c1-11(2)13(17)14(20)19-9-7-8-12(10-19)18(6)15(21)22-16(3,4)5/h11-13H,7-10,17H2,1-6H3/t12-,13+/m1/s1. The molecule has 0 bridgehead atoms. The molecule has 1 aliphatic rings. The normalized spacial score (nSPS) is 20.7. The van der Waals surface area contributed by atoms with E-state index in [1.54, 1.807) is 16.8 Å². The van der Waals surface area contributed by atoms with Gasteiger partial charge in [0.1, 0.15) is 5.60 Å². The summed E-state index contributed by atoms with van der Waals surface area (Å²) in [5, 5.41) is 0. The van der Waals surface area contributed by atoms with Crippen LogP contribution in [0.4, 0.5) is 4.79 Å². The number of hydrogen-bond acceptors (Lipinski definition) is 4. The molecule has 0 aromatic heterocycles. The maximum absolute atomic E-state index is 12.4. The molecule has 0 aliphatic carbocycles. The number of carbonyl (C=O) groups is 2. The van der Waals surface area contributed by atoms with Crippen molar-refractivity contribution < 1.29 is 14.3 Å². The van der Waals surface area contributed by atoms with Crippen LogP contribution >= 0.6 is 0 Å². The van der Waals surface area contributed by atoms with Gasteiger partial charge in [-0.1, -0.05) is 13.8 Å². The molecule has 2 atom stereocenters. The summed E-state index contributed by atoms with van der Waals surface area (Å²) in [5.74, 6) is 0.0775. The Kier molecular flexibility index (Phi) is 6.23. The highest BCUT2D eigenvalue weighted by Gasteiger charge is 2.32. The maximum Gasteiger partial charge on any atom is 0.410 e. The number of carbonyl (C=O) groups excluding carboxylic acids is 2. The van der Waals surface area contributed by atoms with Crippen LogP contribution < -0.4 is 5.73 Å². The lowest BCUT2D eigenvalue weighted by Crippen LogP contribution is -2.55. The number of likely N-dealkylation sites (tertiary alicyclic amines) is 1. The molecule has 0 radical (unpaired) electrons. The van der Waals surface area contributed by atoms with Crippen LogP contribution in [0.1, 0.15) is 47.5 Å². The lowest BCUT2D eigenvalue weighted by molar-refractivity contribution is -0.135. The van der Waals surface area contributed by atoms with E-state index in [-0.39, 0.29) is 24.0 Å². The monoisotopic (exact) mass is 313 g/mol. The fourth-order valence-corrected chi connectivity index (χ4v) is 2.45. The molecule has 0 saturated carbocycles. The third kappa shape index (κ3) is 5.16. The van der Waals surface area contributed by atoms with Crippen LogP contribution in [-0.2, 0) is 9.53 Å². The number of nitrogens with two attached hydrogens (primary N) is 1. The summed E-state index contributed by atoms with van der Waals surface area (Å²) < 4.78 is 5.39. The number of nitrogens with zero attached hydrogens (tertiary/aromatic N) is 2. The predicted molar refractivity (Wildman–Crippen MR) is 86.4 cm³/mol. The minimum absolute atomic E-state index is 0.0214. The van der Waals surface area contributed by atoms with Gasteiger partial charge in [0.15, 0.2) is 0 Å². The number of likely N-dealkylation sites (N-methyl/N-ethyl adjacent to an activating group) is 1. The number of rotatable bonds is 3. The van der Waals surface area contributed by atoms with Crippen LogP contribution in [0.25, 0.3) is 0 Å². The van der Waals surface area contributed by atoms with Gasteiger partial charge in [0.2, 0.25) is 5.91 Å². The Balaban J connectivity index is 2.66. The fourth-order valence-electron chi connectivity index (χ4n) is 2.45. The van der Waals surface area contributed by atoms with Crippen LogP contribution in [-0.4, -0.2) is 59.6 Å². The first-order valence-electron chi connectivity index (χ1n) is 8.03. The van der Waals surface area contributed by atoms with Gasteiger partial charge in [0.25, 0.3) is 0 Å². The molecule has 6 heteroatoms. The second kappa shape index (κ2) is 7.31. The molecule has 0 spiro atoms. The highest BCUT2D eigenvalue weighted by molar-refractivity contribution is 5.82. The van der Waals surface area contributed by atoms with Gasteiger partial charge in [0.05, 0.1) is 12.1 Å². The molecule has 6 nitrogen and oxygen atoms in total. The van der Waals surface area contributed by atoms with E-state index in [2.05, 4.69) is 0 Å². The SMILES string of the molecule is CC(C)[C@H](N)C(=O)N1CCC[C@@H](N(C)C(=O)OC(C)(C)C)C1. The molecule has 2 N–H and O–H groups in total. The molecule has 1 aliphatic heterocycles. The van der Waals surface area contributed by atoms with E-state index >= 15 is 0 Å². The Morgan fingerprint density at radius 2 is 1.91 bits per heavy atom. The quantitative estimate of drug-likeness (QED) is 0.862. The summed E-state index contributed by atoms with van der Waals surface area (Å²) in [5.41, 5.74) is 5.44. The van der Waals surface area contributed by atoms with Crippen LogP contribution in [0.3, 0.4) is 0 Å². The Bertz CT molecular complexity index is 404. The van der Waals surface area contributed by atoms with Crippen LogP contribution in [0.2, 0.25) is 0 Å². The van der Waals surface area contributed by atoms with E-state index in [1.807, 2.05) is 34.6 Å². The zero-order chi connectivity index (χ0) is 17.1. The molecule has 0 aromatic rings. The Morgan fingerprint density at radius 1 is 1.32 bits per heavy atom. The first-order valence-corrected chi connectivity index (χ1v) is 8.03. The first-order chi connectivity index (χ1) is 10.0. The van der Waals surface area contributed by atoms with Gasteiger partial charge < -0.3 is 20.3 Å². The number of hydrogen-bond donors (Lipinski definition) is 1. The summed E-state index contributed by atoms with van der Waals surface area (Å²) in [7, 11) is 1.73. The first kappa shape index (κ1) is 18.7. The van der Waals surface area contributed by atoms with Gasteiger partial charge in [0, 0.05) is 20.1 Å². The molecule has 128 valence electrons. The second-order valence-corrected chi connectivity index (χ2v) is 7.44. The van der Waals surface area contributed by atoms with Crippen molar-refractivity contribution in [3.05, 3.63) is 0 Å². The summed E-state index contributed by atoms with van der Waals surface area (Å²) in [4.78, 5) is 27.9. The zero-order valence-electron chi connectivity index (χ0n) is 14.8. The van der Waals surface area contributed by atoms with Gasteiger partial charge in [-0.25, -0.2) is 4.79 Å². The topological polar surface area (TPSA) is 75.9 Å². The minimum Gasteiger partial charge on any atom is -0.444 e. The minimum atomic E-state index is -0.518. The molecule has 1 saturated heterocycles. The Morgan fingerprint density at radius 3 is 2.41 bits per heavy atom. The molecule has 0 unspecified atom stereocenters. The van der Waals surface area contributed by atoms with E-state index < -0.39 is 11.6 Å². The highest BCUT2D eigenvalue weighted by atomic mass is 16.6. The zero-order valence-corrected chi connectivity index (χ0v) is 14.8. The Labute approximate surface area is 134 Å². The van der Waals surface area contributed by atoms with Crippen molar-refractivity contribution in [2.24, 2.45) is 11.7 Å². The van der Waals surface area contributed by atoms with E-state index in [0.29, 0.717) is 13.1 Å². The van der Waals surface area contributed by atoms with E-state index in [1.165, 1.54) is 0 Å². The van der Waals surface area contributed by atoms with Gasteiger partial charge >= 0.3 is 6.09 Å². The van der Waals surface area contributed by atoms with Crippen molar-refractivity contribution in [1.82, 2.24) is 9.80 Å². The van der Waals surface area contributed by atoms with Crippen LogP contribution in [0.15, 0.2) is 0 Å². The average Bonchev–Trinajstić information content (AvgIpc) is 2.43. The third-order valence-corrected chi connectivity index (χ3v) is 3.94. The molecular weight excluding hydrogens is 282 g/mol. The summed E-state index contributed by atoms with van der Waals surface area (Å²) in [6.45, 7) is 10.6. The highest BCUT2D eigenvalue weighted by Crippen LogP contribution is 2.19. The smallest absolute Gasteiger partial charge is 0.410 e. The summed E-state index contributed by atoms with van der Waals surface area (Å²) >= 11 is 0. The fraction of sp³-hybridized carbons (Fsp3) is 0.875. The van der Waals surface area contributed by atoms with Crippen LogP contribution in [0, 0.1) is 5.92 Å². The van der Waals surface area contributed by atoms with E-state index in [4.69, 9.17) is 10.5 Å². The molecule has 1 heterocycles. The third-order valence-electron chi connectivity index (χ3n) is 3.94. The van der Waals surface area contributed by atoms with Gasteiger partial charge in [-0.3, -0.25) is 4.79 Å². The lowest BCUT2D eigenvalue weighted by Gasteiger charge is -2.39. The van der Waals surface area contributed by atoms with Gasteiger partial charge in [-0.05, 0) is 39.5 Å². The molecule has 1 rings (SSSR count). The Hall–Kier alpha value is -1.30. The molecule has 1 fully saturated rings. The van der Waals surface area contributed by atoms with Crippen LogP contribution in [0.5, 0.6) is 0 Å². The average molecular weight is 313 g/mol. The number of ether oxygens (including phenoxy) is 1. The van der Waals surface area contributed by atoms with Crippen molar-refractivity contribution in [3.63, 3.8) is 0 Å². The molecule has 2 amide bonds. The van der Waals surface area contributed by atoms with E-state index in [0.717, 1.165) is 12.8 Å². The van der Waals surface area contributed by atoms with Crippen molar-refractivity contribution >= 4 is 12.0 Å². The summed E-state index contributed by atoms with van der Waals surface area (Å²) in [6, 6.07) is -0.502. The maximum atomic E-state index is 12.4. The molecule has 0 aromatic carbocycles. The lowest BCUT2D eigenvalue weighted by atomic mass is 10.00. The van der Waals surface area contributed by atoms with Crippen molar-refractivity contribution in [2.45, 2.75) is 65.1 Å². The number of piperidine rings is 1. The number of amides is 2. The molecular formula is C16H31N3O3. The van der Waals surface area contributed by atoms with E-state index in [9.17, 15) is 9.59 Å². The van der Waals surface area contributed by atoms with Gasteiger partial charge in [-0.15, -0.1) is 0 Å². The second-order valence-electron chi connectivity index (χ2n) is 7.44. The van der Waals surface area contributed by atoms with Gasteiger partial charge in [-0.2, -0.15) is 0 Å². The largest absolute Gasteiger partial charge is 0.444 e. The van der Waals surface area contributed by atoms with Crippen molar-refractivity contribution in [2.75, 3.05) is 20.1 Å². The molecule has 22 heavy (non-hydrogen) atoms. The summed E-state index contributed by atoms with van der Waals surface area (Å²) in [6.07, 6.45) is 1.39. The predicted octanol–water partition coefficient (Wildman–Crippen LogP) is 1.83.